The molecular formula is C19H17NO4. The Labute approximate surface area is 139 Å². The minimum atomic E-state index is -0.288. The Morgan fingerprint density at radius 1 is 1.00 bits per heavy atom. The first-order chi connectivity index (χ1) is 11.7. The molecule has 0 bridgehead atoms. The molecule has 5 heteroatoms. The fourth-order valence-electron chi connectivity index (χ4n) is 3.08. The van der Waals surface area contributed by atoms with E-state index in [4.69, 9.17) is 9.47 Å². The molecule has 122 valence electrons. The fourth-order valence-corrected chi connectivity index (χ4v) is 3.08. The third-order valence-electron chi connectivity index (χ3n) is 4.35. The van der Waals surface area contributed by atoms with Gasteiger partial charge in [0.25, 0.3) is 11.8 Å². The number of rotatable bonds is 4. The highest BCUT2D eigenvalue weighted by molar-refractivity contribution is 6.34. The SMILES string of the molecule is O=C1c2ccccc2C(=O)N1c1ccc(OC[C@H]2CCCO2)cc1. The number of benzene rings is 2. The highest BCUT2D eigenvalue weighted by Gasteiger charge is 2.36. The number of carbonyl (C=O) groups excluding carboxylic acids is 2. The lowest BCUT2D eigenvalue weighted by molar-refractivity contribution is 0.0679. The van der Waals surface area contributed by atoms with E-state index in [9.17, 15) is 9.59 Å². The quantitative estimate of drug-likeness (QED) is 0.812. The summed E-state index contributed by atoms with van der Waals surface area (Å²) in [6.07, 6.45) is 2.25. The predicted molar refractivity (Wildman–Crippen MR) is 88.5 cm³/mol. The van der Waals surface area contributed by atoms with Crippen LogP contribution in [0.4, 0.5) is 5.69 Å². The summed E-state index contributed by atoms with van der Waals surface area (Å²) in [5.41, 5.74) is 1.44. The first kappa shape index (κ1) is 14.9. The Morgan fingerprint density at radius 3 is 2.25 bits per heavy atom. The van der Waals surface area contributed by atoms with Gasteiger partial charge in [-0.2, -0.15) is 0 Å². The molecule has 0 N–H and O–H groups in total. The van der Waals surface area contributed by atoms with Gasteiger partial charge in [-0.3, -0.25) is 9.59 Å². The number of nitrogens with zero attached hydrogens (tertiary/aromatic N) is 1. The standard InChI is InChI=1S/C19H17NO4/c21-18-16-5-1-2-6-17(16)19(22)20(18)13-7-9-14(10-8-13)24-12-15-4-3-11-23-15/h1-2,5-10,15H,3-4,11-12H2/t15-/m1/s1. The summed E-state index contributed by atoms with van der Waals surface area (Å²) in [6.45, 7) is 1.32. The number of carbonyl (C=O) groups is 2. The third kappa shape index (κ3) is 2.57. The van der Waals surface area contributed by atoms with Crippen molar-refractivity contribution in [2.24, 2.45) is 0 Å². The zero-order valence-electron chi connectivity index (χ0n) is 13.1. The van der Waals surface area contributed by atoms with Gasteiger partial charge in [0, 0.05) is 6.61 Å². The van der Waals surface area contributed by atoms with E-state index < -0.39 is 0 Å². The van der Waals surface area contributed by atoms with Crippen LogP contribution < -0.4 is 9.64 Å². The summed E-state index contributed by atoms with van der Waals surface area (Å²) in [4.78, 5) is 26.1. The number of imide groups is 1. The van der Waals surface area contributed by atoms with Gasteiger partial charge < -0.3 is 9.47 Å². The van der Waals surface area contributed by atoms with Gasteiger partial charge in [0.15, 0.2) is 0 Å². The predicted octanol–water partition coefficient (Wildman–Crippen LogP) is 3.05. The maximum absolute atomic E-state index is 12.4. The molecule has 2 heterocycles. The molecule has 2 amide bonds. The molecule has 1 fully saturated rings. The molecule has 0 aliphatic carbocycles. The average molecular weight is 323 g/mol. The molecule has 0 saturated carbocycles. The van der Waals surface area contributed by atoms with Gasteiger partial charge in [0.1, 0.15) is 12.4 Å². The zero-order chi connectivity index (χ0) is 16.5. The van der Waals surface area contributed by atoms with Crippen LogP contribution in [-0.2, 0) is 4.74 Å². The van der Waals surface area contributed by atoms with E-state index in [2.05, 4.69) is 0 Å². The molecular weight excluding hydrogens is 306 g/mol. The number of anilines is 1. The summed E-state index contributed by atoms with van der Waals surface area (Å²) < 4.78 is 11.2. The number of fused-ring (bicyclic) bond motifs is 1. The van der Waals surface area contributed by atoms with Crippen molar-refractivity contribution in [2.45, 2.75) is 18.9 Å². The molecule has 0 unspecified atom stereocenters. The molecule has 24 heavy (non-hydrogen) atoms. The van der Waals surface area contributed by atoms with Crippen molar-refractivity contribution in [2.75, 3.05) is 18.1 Å². The first-order valence-electron chi connectivity index (χ1n) is 8.06. The maximum atomic E-state index is 12.4. The van der Waals surface area contributed by atoms with Crippen LogP contribution in [0.1, 0.15) is 33.6 Å². The Balaban J connectivity index is 1.49. The minimum absolute atomic E-state index is 0.154. The monoisotopic (exact) mass is 323 g/mol. The number of amides is 2. The Hall–Kier alpha value is -2.66. The molecule has 1 saturated heterocycles. The molecule has 2 aromatic rings. The topological polar surface area (TPSA) is 55.8 Å². The van der Waals surface area contributed by atoms with Crippen molar-refractivity contribution in [3.05, 3.63) is 59.7 Å². The second-order valence-electron chi connectivity index (χ2n) is 5.93. The molecule has 0 spiro atoms. The molecule has 0 radical (unpaired) electrons. The van der Waals surface area contributed by atoms with Gasteiger partial charge in [0.05, 0.1) is 22.9 Å². The average Bonchev–Trinajstić information content (AvgIpc) is 3.22. The largest absolute Gasteiger partial charge is 0.491 e. The first-order valence-corrected chi connectivity index (χ1v) is 8.06. The van der Waals surface area contributed by atoms with Gasteiger partial charge in [-0.15, -0.1) is 0 Å². The Morgan fingerprint density at radius 2 is 1.67 bits per heavy atom. The number of hydrogen-bond donors (Lipinski definition) is 0. The maximum Gasteiger partial charge on any atom is 0.266 e. The Kier molecular flexibility index (Phi) is 3.78. The van der Waals surface area contributed by atoms with Crippen molar-refractivity contribution in [1.82, 2.24) is 0 Å². The van der Waals surface area contributed by atoms with E-state index in [1.165, 1.54) is 4.90 Å². The summed E-state index contributed by atoms with van der Waals surface area (Å²) in [7, 11) is 0. The smallest absolute Gasteiger partial charge is 0.266 e. The summed E-state index contributed by atoms with van der Waals surface area (Å²) in [5.74, 6) is 0.123. The van der Waals surface area contributed by atoms with E-state index in [-0.39, 0.29) is 17.9 Å². The van der Waals surface area contributed by atoms with Crippen molar-refractivity contribution in [3.8, 4) is 5.75 Å². The summed E-state index contributed by atoms with van der Waals surface area (Å²) >= 11 is 0. The van der Waals surface area contributed by atoms with Crippen molar-refractivity contribution >= 4 is 17.5 Å². The Bertz CT molecular complexity index is 743. The molecule has 5 nitrogen and oxygen atoms in total. The molecule has 4 rings (SSSR count). The fraction of sp³-hybridized carbons (Fsp3) is 0.263. The van der Waals surface area contributed by atoms with Crippen molar-refractivity contribution in [3.63, 3.8) is 0 Å². The van der Waals surface area contributed by atoms with Crippen LogP contribution in [0.15, 0.2) is 48.5 Å². The zero-order valence-corrected chi connectivity index (χ0v) is 13.1. The summed E-state index contributed by atoms with van der Waals surface area (Å²) in [6, 6.07) is 13.9. The van der Waals surface area contributed by atoms with Crippen LogP contribution in [0.25, 0.3) is 0 Å². The van der Waals surface area contributed by atoms with Gasteiger partial charge in [0.2, 0.25) is 0 Å². The van der Waals surface area contributed by atoms with Crippen molar-refractivity contribution < 1.29 is 19.1 Å². The lowest BCUT2D eigenvalue weighted by atomic mass is 10.1. The second kappa shape index (κ2) is 6.09. The molecule has 2 aliphatic rings. The van der Waals surface area contributed by atoms with E-state index in [0.717, 1.165) is 19.4 Å². The van der Waals surface area contributed by atoms with E-state index in [1.807, 2.05) is 0 Å². The van der Waals surface area contributed by atoms with Crippen LogP contribution in [-0.4, -0.2) is 31.1 Å². The van der Waals surface area contributed by atoms with Crippen LogP contribution in [0.5, 0.6) is 5.75 Å². The highest BCUT2D eigenvalue weighted by Crippen LogP contribution is 2.29. The third-order valence-corrected chi connectivity index (χ3v) is 4.35. The second-order valence-corrected chi connectivity index (χ2v) is 5.93. The number of ether oxygens (including phenoxy) is 2. The van der Waals surface area contributed by atoms with Crippen molar-refractivity contribution in [1.29, 1.82) is 0 Å². The van der Waals surface area contributed by atoms with E-state index in [0.29, 0.717) is 29.2 Å². The van der Waals surface area contributed by atoms with Crippen LogP contribution in [0, 0.1) is 0 Å². The van der Waals surface area contributed by atoms with E-state index >= 15 is 0 Å². The highest BCUT2D eigenvalue weighted by atomic mass is 16.5. The van der Waals surface area contributed by atoms with Gasteiger partial charge in [-0.05, 0) is 49.2 Å². The van der Waals surface area contributed by atoms with Crippen LogP contribution in [0.3, 0.4) is 0 Å². The van der Waals surface area contributed by atoms with Crippen LogP contribution in [0.2, 0.25) is 0 Å². The molecule has 1 atom stereocenters. The lowest BCUT2D eigenvalue weighted by Gasteiger charge is -2.15. The van der Waals surface area contributed by atoms with Gasteiger partial charge in [-0.25, -0.2) is 4.90 Å². The van der Waals surface area contributed by atoms with Gasteiger partial charge >= 0.3 is 0 Å². The normalized spacial score (nSPS) is 19.7. The summed E-state index contributed by atoms with van der Waals surface area (Å²) in [5, 5.41) is 0. The van der Waals surface area contributed by atoms with Crippen LogP contribution >= 0.6 is 0 Å². The molecule has 0 aromatic heterocycles. The number of hydrogen-bond acceptors (Lipinski definition) is 4. The molecule has 2 aromatic carbocycles. The lowest BCUT2D eigenvalue weighted by Crippen LogP contribution is -2.29. The van der Waals surface area contributed by atoms with E-state index in [1.54, 1.807) is 48.5 Å². The minimum Gasteiger partial charge on any atom is -0.491 e. The van der Waals surface area contributed by atoms with Gasteiger partial charge in [-0.1, -0.05) is 12.1 Å². The molecule has 2 aliphatic heterocycles.